The minimum atomic E-state index is -0.590. The number of amides is 3. The quantitative estimate of drug-likeness (QED) is 0.254. The van der Waals surface area contributed by atoms with Gasteiger partial charge in [-0.05, 0) is 85.5 Å². The first-order valence-corrected chi connectivity index (χ1v) is 13.4. The Labute approximate surface area is 220 Å². The fourth-order valence-corrected chi connectivity index (χ4v) is 7.08. The number of allylic oxidation sites excluding steroid dienone is 2. The van der Waals surface area contributed by atoms with Gasteiger partial charge in [0.15, 0.2) is 0 Å². The molecule has 2 saturated heterocycles. The highest BCUT2D eigenvalue weighted by molar-refractivity contribution is 6.22. The van der Waals surface area contributed by atoms with Crippen molar-refractivity contribution in [3.63, 3.8) is 0 Å². The number of ether oxygens (including phenoxy) is 2. The van der Waals surface area contributed by atoms with Crippen molar-refractivity contribution in [1.29, 1.82) is 0 Å². The van der Waals surface area contributed by atoms with Crippen molar-refractivity contribution in [3.8, 4) is 11.5 Å². The summed E-state index contributed by atoms with van der Waals surface area (Å²) in [5.74, 6) is 0.532. The molecule has 6 aliphatic rings. The van der Waals surface area contributed by atoms with Crippen LogP contribution in [0.4, 0.5) is 11.4 Å². The zero-order valence-corrected chi connectivity index (χ0v) is 21.0. The summed E-state index contributed by atoms with van der Waals surface area (Å²) in [7, 11) is 0. The fourth-order valence-electron chi connectivity index (χ4n) is 7.08. The Hall–Kier alpha value is -3.94. The molecule has 2 aliphatic heterocycles. The molecule has 2 bridgehead atoms. The van der Waals surface area contributed by atoms with Gasteiger partial charge in [0.05, 0.1) is 30.0 Å². The summed E-state index contributed by atoms with van der Waals surface area (Å²) in [6, 6.07) is 13.7. The zero-order valence-electron chi connectivity index (χ0n) is 21.0. The van der Waals surface area contributed by atoms with E-state index >= 15 is 0 Å². The molecule has 38 heavy (non-hydrogen) atoms. The summed E-state index contributed by atoms with van der Waals surface area (Å²) in [6.45, 7) is 2.70. The van der Waals surface area contributed by atoms with Gasteiger partial charge in [0, 0.05) is 18.7 Å². The van der Waals surface area contributed by atoms with Gasteiger partial charge < -0.3 is 14.4 Å². The van der Waals surface area contributed by atoms with Gasteiger partial charge in [0.25, 0.3) is 0 Å². The number of anilines is 2. The number of imide groups is 1. The average Bonchev–Trinajstić information content (AvgIpc) is 3.60. The minimum absolute atomic E-state index is 0.0715. The number of rotatable bonds is 6. The van der Waals surface area contributed by atoms with Crippen LogP contribution in [0.1, 0.15) is 19.8 Å². The molecular formula is C30H28N2O6. The SMILES string of the molecule is CCOc1ccc(N2C[C@@H](C(=O)Oc3ccc(N4C(=O)[C@@H]5[C@@H]6C=C[C@H]([C@H]7C[C@H]67)[C@@H]5C4=O)cc3)CC2=O)cc1. The topological polar surface area (TPSA) is 93.2 Å². The van der Waals surface area contributed by atoms with Gasteiger partial charge in [-0.15, -0.1) is 0 Å². The molecule has 2 aromatic carbocycles. The van der Waals surface area contributed by atoms with Crippen LogP contribution in [-0.4, -0.2) is 36.8 Å². The molecule has 3 amide bonds. The van der Waals surface area contributed by atoms with Crippen LogP contribution < -0.4 is 19.3 Å². The molecule has 2 saturated carbocycles. The maximum absolute atomic E-state index is 13.3. The highest BCUT2D eigenvalue weighted by atomic mass is 16.5. The third-order valence-corrected chi connectivity index (χ3v) is 8.89. The maximum atomic E-state index is 13.3. The molecule has 0 unspecified atom stereocenters. The van der Waals surface area contributed by atoms with E-state index in [2.05, 4.69) is 12.2 Å². The third-order valence-electron chi connectivity index (χ3n) is 8.89. The molecule has 194 valence electrons. The van der Waals surface area contributed by atoms with Crippen molar-refractivity contribution >= 4 is 35.1 Å². The molecule has 0 radical (unpaired) electrons. The zero-order chi connectivity index (χ0) is 26.1. The van der Waals surface area contributed by atoms with Crippen LogP contribution in [0.5, 0.6) is 11.5 Å². The van der Waals surface area contributed by atoms with E-state index in [0.29, 0.717) is 35.6 Å². The summed E-state index contributed by atoms with van der Waals surface area (Å²) in [6.07, 6.45) is 5.51. The number of benzene rings is 2. The van der Waals surface area contributed by atoms with Crippen molar-refractivity contribution < 1.29 is 28.7 Å². The Morgan fingerprint density at radius 1 is 0.842 bits per heavy atom. The molecule has 8 heteroatoms. The smallest absolute Gasteiger partial charge is 0.316 e. The molecule has 4 fully saturated rings. The Balaban J connectivity index is 1.01. The third kappa shape index (κ3) is 3.50. The highest BCUT2D eigenvalue weighted by Gasteiger charge is 2.67. The maximum Gasteiger partial charge on any atom is 0.316 e. The van der Waals surface area contributed by atoms with Crippen molar-refractivity contribution in [2.75, 3.05) is 23.0 Å². The lowest BCUT2D eigenvalue weighted by molar-refractivity contribution is -0.139. The molecule has 2 aromatic rings. The van der Waals surface area contributed by atoms with Crippen LogP contribution >= 0.6 is 0 Å². The predicted octanol–water partition coefficient (Wildman–Crippen LogP) is 3.60. The Kier molecular flexibility index (Phi) is 5.22. The number of nitrogens with zero attached hydrogens (tertiary/aromatic N) is 2. The summed E-state index contributed by atoms with van der Waals surface area (Å²) in [5, 5.41) is 0. The van der Waals surface area contributed by atoms with Crippen LogP contribution in [-0.2, 0) is 19.2 Å². The lowest BCUT2D eigenvalue weighted by Crippen LogP contribution is -2.40. The van der Waals surface area contributed by atoms with Crippen molar-refractivity contribution in [2.45, 2.75) is 19.8 Å². The van der Waals surface area contributed by atoms with E-state index in [9.17, 15) is 19.2 Å². The summed E-state index contributed by atoms with van der Waals surface area (Å²) in [4.78, 5) is 55.0. The summed E-state index contributed by atoms with van der Waals surface area (Å²) >= 11 is 0. The molecule has 2 heterocycles. The Morgan fingerprint density at radius 2 is 1.42 bits per heavy atom. The van der Waals surface area contributed by atoms with Gasteiger partial charge in [-0.3, -0.25) is 24.1 Å². The molecule has 4 aliphatic carbocycles. The van der Waals surface area contributed by atoms with E-state index in [-0.39, 0.29) is 54.4 Å². The largest absolute Gasteiger partial charge is 0.494 e. The van der Waals surface area contributed by atoms with Crippen molar-refractivity contribution in [2.24, 2.45) is 41.4 Å². The number of carbonyl (C=O) groups is 4. The van der Waals surface area contributed by atoms with E-state index in [1.54, 1.807) is 53.4 Å². The fraction of sp³-hybridized carbons (Fsp3) is 0.400. The number of carbonyl (C=O) groups excluding carboxylic acids is 4. The first kappa shape index (κ1) is 23.2. The lowest BCUT2D eigenvalue weighted by Gasteiger charge is -2.37. The molecule has 0 aromatic heterocycles. The van der Waals surface area contributed by atoms with Crippen LogP contribution in [0.15, 0.2) is 60.7 Å². The minimum Gasteiger partial charge on any atom is -0.494 e. The Morgan fingerprint density at radius 3 is 2.03 bits per heavy atom. The van der Waals surface area contributed by atoms with E-state index in [0.717, 1.165) is 12.2 Å². The number of hydrogen-bond donors (Lipinski definition) is 0. The van der Waals surface area contributed by atoms with E-state index in [4.69, 9.17) is 9.47 Å². The first-order valence-electron chi connectivity index (χ1n) is 13.4. The van der Waals surface area contributed by atoms with E-state index < -0.39 is 11.9 Å². The normalized spacial score (nSPS) is 32.4. The number of esters is 1. The standard InChI is InChI=1S/C30H28N2O6/c1-2-37-19-7-3-17(4-8-19)31-15-16(13-25(31)33)30(36)38-20-9-5-18(6-10-20)32-28(34)26-21-11-12-22(24-14-23(21)24)27(26)29(32)35/h3-12,16,21-24,26-27H,2,13-15H2,1H3/t16-,21+,22+,23+,24+,26-,27+/m0/s1. The predicted molar refractivity (Wildman–Crippen MR) is 137 cm³/mol. The Bertz CT molecular complexity index is 1330. The average molecular weight is 513 g/mol. The van der Waals surface area contributed by atoms with Gasteiger partial charge in [-0.1, -0.05) is 12.2 Å². The second kappa shape index (κ2) is 8.55. The van der Waals surface area contributed by atoms with Crippen LogP contribution in [0.25, 0.3) is 0 Å². The van der Waals surface area contributed by atoms with Gasteiger partial charge >= 0.3 is 5.97 Å². The molecule has 8 rings (SSSR count). The highest BCUT2D eigenvalue weighted by Crippen LogP contribution is 2.65. The van der Waals surface area contributed by atoms with Gasteiger partial charge in [-0.2, -0.15) is 0 Å². The molecule has 0 spiro atoms. The number of hydrogen-bond acceptors (Lipinski definition) is 6. The second-order valence-electron chi connectivity index (χ2n) is 10.9. The summed E-state index contributed by atoms with van der Waals surface area (Å²) < 4.78 is 11.0. The van der Waals surface area contributed by atoms with Gasteiger partial charge in [0.1, 0.15) is 11.5 Å². The molecule has 8 nitrogen and oxygen atoms in total. The van der Waals surface area contributed by atoms with Crippen LogP contribution in [0, 0.1) is 41.4 Å². The lowest BCUT2D eigenvalue weighted by atomic mass is 9.63. The van der Waals surface area contributed by atoms with E-state index in [1.165, 1.54) is 4.90 Å². The van der Waals surface area contributed by atoms with Gasteiger partial charge in [-0.25, -0.2) is 0 Å². The second-order valence-corrected chi connectivity index (χ2v) is 10.9. The monoisotopic (exact) mass is 512 g/mol. The molecule has 0 N–H and O–H groups in total. The summed E-state index contributed by atoms with van der Waals surface area (Å²) in [5.41, 5.74) is 1.21. The molecule has 7 atom stereocenters. The van der Waals surface area contributed by atoms with Crippen LogP contribution in [0.3, 0.4) is 0 Å². The van der Waals surface area contributed by atoms with Gasteiger partial charge in [0.2, 0.25) is 17.7 Å². The van der Waals surface area contributed by atoms with Crippen molar-refractivity contribution in [1.82, 2.24) is 0 Å². The first-order chi connectivity index (χ1) is 18.4. The molecular weight excluding hydrogens is 484 g/mol. The van der Waals surface area contributed by atoms with E-state index in [1.807, 2.05) is 6.92 Å². The van der Waals surface area contributed by atoms with Crippen molar-refractivity contribution in [3.05, 3.63) is 60.7 Å². The van der Waals surface area contributed by atoms with Crippen LogP contribution in [0.2, 0.25) is 0 Å².